The molecule has 7 heteroatoms. The molecule has 1 N–H and O–H groups in total. The van der Waals surface area contributed by atoms with Gasteiger partial charge in [0.05, 0.1) is 22.0 Å². The molecule has 18 heavy (non-hydrogen) atoms. The average Bonchev–Trinajstić information content (AvgIpc) is 2.68. The van der Waals surface area contributed by atoms with Gasteiger partial charge in [0.1, 0.15) is 11.0 Å². The number of nitrogens with one attached hydrogen (secondary N) is 1. The molecule has 3 rings (SSSR count). The number of hydrogen-bond donors (Lipinski definition) is 1. The summed E-state index contributed by atoms with van der Waals surface area (Å²) in [7, 11) is 1.80. The van der Waals surface area contributed by atoms with Crippen molar-refractivity contribution in [1.29, 1.82) is 0 Å². The summed E-state index contributed by atoms with van der Waals surface area (Å²) in [5, 5.41) is 2.64. The summed E-state index contributed by atoms with van der Waals surface area (Å²) in [5.41, 5.74) is 6.21. The first-order valence-electron chi connectivity index (χ1n) is 5.38. The highest BCUT2D eigenvalue weighted by Gasteiger charge is 2.12. The van der Waals surface area contributed by atoms with Gasteiger partial charge in [-0.3, -0.25) is 4.98 Å². The van der Waals surface area contributed by atoms with E-state index in [1.807, 2.05) is 19.1 Å². The lowest BCUT2D eigenvalue weighted by Gasteiger charge is -2.00. The first-order valence-corrected chi connectivity index (χ1v) is 5.38. The minimum Gasteiger partial charge on any atom is -0.312 e. The number of aryl methyl sites for hydroxylation is 2. The lowest BCUT2D eigenvalue weighted by Crippen LogP contribution is -1.96. The molecule has 0 amide bonds. The molecular weight excluding hydrogens is 232 g/mol. The van der Waals surface area contributed by atoms with E-state index in [1.165, 1.54) is 0 Å². The zero-order valence-electron chi connectivity index (χ0n) is 9.88. The van der Waals surface area contributed by atoms with Crippen LogP contribution < -0.4 is 5.43 Å². The quantitative estimate of drug-likeness (QED) is 0.548. The smallest absolute Gasteiger partial charge is 0.227 e. The highest BCUT2D eigenvalue weighted by atomic mass is 16.3. The number of nitrogens with zero attached hydrogens (tertiary/aromatic N) is 5. The number of hydrogen-bond acceptors (Lipinski definition) is 5. The third-order valence-corrected chi connectivity index (χ3v) is 2.83. The number of anilines is 1. The molecule has 0 aliphatic rings. The fourth-order valence-corrected chi connectivity index (χ4v) is 1.96. The lowest BCUT2D eigenvalue weighted by molar-refractivity contribution is 0.941. The van der Waals surface area contributed by atoms with Crippen LogP contribution in [0.15, 0.2) is 23.6 Å². The fourth-order valence-electron chi connectivity index (χ4n) is 1.96. The van der Waals surface area contributed by atoms with E-state index in [-0.39, 0.29) is 0 Å². The number of benzene rings is 1. The zero-order valence-corrected chi connectivity index (χ0v) is 9.88. The maximum atomic E-state index is 10.3. The Kier molecular flexibility index (Phi) is 2.19. The van der Waals surface area contributed by atoms with Crippen LogP contribution in [0.5, 0.6) is 0 Å². The van der Waals surface area contributed by atoms with Crippen molar-refractivity contribution in [3.05, 3.63) is 28.9 Å². The van der Waals surface area contributed by atoms with Gasteiger partial charge in [-0.05, 0) is 19.1 Å². The van der Waals surface area contributed by atoms with E-state index in [4.69, 9.17) is 0 Å². The van der Waals surface area contributed by atoms with Gasteiger partial charge in [0.15, 0.2) is 0 Å². The molecule has 7 nitrogen and oxygen atoms in total. The van der Waals surface area contributed by atoms with Crippen molar-refractivity contribution < 1.29 is 0 Å². The van der Waals surface area contributed by atoms with E-state index in [1.54, 1.807) is 17.8 Å². The second-order valence-electron chi connectivity index (χ2n) is 4.01. The van der Waals surface area contributed by atoms with Gasteiger partial charge in [0.25, 0.3) is 0 Å². The molecule has 2 heterocycles. The van der Waals surface area contributed by atoms with Crippen LogP contribution in [0, 0.1) is 11.8 Å². The second-order valence-corrected chi connectivity index (χ2v) is 4.01. The predicted molar refractivity (Wildman–Crippen MR) is 68.0 cm³/mol. The highest BCUT2D eigenvalue weighted by molar-refractivity contribution is 6.01. The second kappa shape index (κ2) is 3.73. The van der Waals surface area contributed by atoms with Gasteiger partial charge in [-0.1, -0.05) is 0 Å². The third-order valence-electron chi connectivity index (χ3n) is 2.83. The van der Waals surface area contributed by atoms with Gasteiger partial charge in [-0.2, -0.15) is 0 Å². The van der Waals surface area contributed by atoms with E-state index in [2.05, 4.69) is 25.7 Å². The van der Waals surface area contributed by atoms with Crippen molar-refractivity contribution in [3.63, 3.8) is 0 Å². The standard InChI is InChI=1S/C11H10N6O/c1-6-5-12-7-3-4-8-10(9(7)13-6)14-11(15-16-18)17(8)2/h3-5H,1-2H3,(H,14,15,18). The van der Waals surface area contributed by atoms with Crippen molar-refractivity contribution in [2.75, 3.05) is 5.43 Å². The van der Waals surface area contributed by atoms with Crippen molar-refractivity contribution >= 4 is 28.0 Å². The lowest BCUT2D eigenvalue weighted by atomic mass is 10.2. The van der Waals surface area contributed by atoms with Crippen LogP contribution in [-0.2, 0) is 7.05 Å². The molecule has 1 aromatic carbocycles. The molecular formula is C11H10N6O. The van der Waals surface area contributed by atoms with Crippen LogP contribution in [0.1, 0.15) is 5.69 Å². The van der Waals surface area contributed by atoms with E-state index in [9.17, 15) is 4.91 Å². The summed E-state index contributed by atoms with van der Waals surface area (Å²) in [5.74, 6) is 0.385. The molecule has 0 unspecified atom stereocenters. The first-order chi connectivity index (χ1) is 8.70. The Morgan fingerprint density at radius 3 is 2.89 bits per heavy atom. The van der Waals surface area contributed by atoms with Crippen LogP contribution in [0.2, 0.25) is 0 Å². The summed E-state index contributed by atoms with van der Waals surface area (Å²) in [6.07, 6.45) is 1.71. The minimum absolute atomic E-state index is 0.385. The van der Waals surface area contributed by atoms with E-state index >= 15 is 0 Å². The zero-order chi connectivity index (χ0) is 12.7. The SMILES string of the molecule is Cc1cnc2ccc3c(nc(NN=O)n3C)c2n1. The Balaban J connectivity index is 2.42. The molecule has 0 fully saturated rings. The summed E-state index contributed by atoms with van der Waals surface area (Å²) in [4.78, 5) is 23.3. The number of aromatic nitrogens is 4. The molecule has 0 saturated heterocycles. The Bertz CT molecular complexity index is 763. The van der Waals surface area contributed by atoms with Crippen molar-refractivity contribution in [3.8, 4) is 0 Å². The highest BCUT2D eigenvalue weighted by Crippen LogP contribution is 2.24. The summed E-state index contributed by atoms with van der Waals surface area (Å²) in [6.45, 7) is 1.88. The monoisotopic (exact) mass is 242 g/mol. The molecule has 2 aromatic heterocycles. The maximum absolute atomic E-state index is 10.3. The molecule has 0 bridgehead atoms. The van der Waals surface area contributed by atoms with E-state index in [0.717, 1.165) is 22.2 Å². The van der Waals surface area contributed by atoms with Gasteiger partial charge >= 0.3 is 0 Å². The average molecular weight is 242 g/mol. The number of rotatable bonds is 2. The van der Waals surface area contributed by atoms with Crippen LogP contribution in [-0.4, -0.2) is 19.5 Å². The fraction of sp³-hybridized carbons (Fsp3) is 0.182. The largest absolute Gasteiger partial charge is 0.312 e. The van der Waals surface area contributed by atoms with E-state index < -0.39 is 0 Å². The van der Waals surface area contributed by atoms with E-state index in [0.29, 0.717) is 11.5 Å². The summed E-state index contributed by atoms with van der Waals surface area (Å²) < 4.78 is 1.75. The van der Waals surface area contributed by atoms with Gasteiger partial charge < -0.3 is 4.57 Å². The Labute approximate surface area is 102 Å². The van der Waals surface area contributed by atoms with Crippen LogP contribution in [0.3, 0.4) is 0 Å². The molecule has 90 valence electrons. The molecule has 0 spiro atoms. The third kappa shape index (κ3) is 1.41. The van der Waals surface area contributed by atoms with Crippen LogP contribution >= 0.6 is 0 Å². The van der Waals surface area contributed by atoms with Crippen molar-refractivity contribution in [2.24, 2.45) is 12.3 Å². The maximum Gasteiger partial charge on any atom is 0.227 e. The van der Waals surface area contributed by atoms with Gasteiger partial charge in [0.2, 0.25) is 5.95 Å². The summed E-state index contributed by atoms with van der Waals surface area (Å²) in [6, 6.07) is 3.77. The van der Waals surface area contributed by atoms with Gasteiger partial charge in [0, 0.05) is 13.2 Å². The molecule has 3 aromatic rings. The minimum atomic E-state index is 0.385. The van der Waals surface area contributed by atoms with Crippen molar-refractivity contribution in [1.82, 2.24) is 19.5 Å². The van der Waals surface area contributed by atoms with Crippen LogP contribution in [0.25, 0.3) is 22.1 Å². The summed E-state index contributed by atoms with van der Waals surface area (Å²) >= 11 is 0. The van der Waals surface area contributed by atoms with Gasteiger partial charge in [-0.25, -0.2) is 15.4 Å². The Morgan fingerprint density at radius 1 is 1.28 bits per heavy atom. The Hall–Kier alpha value is -2.57. The normalized spacial score (nSPS) is 11.0. The number of fused-ring (bicyclic) bond motifs is 3. The van der Waals surface area contributed by atoms with Gasteiger partial charge in [-0.15, -0.1) is 4.91 Å². The Morgan fingerprint density at radius 2 is 2.11 bits per heavy atom. The van der Waals surface area contributed by atoms with Crippen molar-refractivity contribution in [2.45, 2.75) is 6.92 Å². The molecule has 0 aliphatic carbocycles. The molecule has 0 saturated carbocycles. The van der Waals surface area contributed by atoms with Crippen LogP contribution in [0.4, 0.5) is 5.95 Å². The molecule has 0 atom stereocenters. The first kappa shape index (κ1) is 10.6. The number of nitroso groups, excluding NO2 is 1. The topological polar surface area (TPSA) is 85.1 Å². The molecule has 0 aliphatic heterocycles. The predicted octanol–water partition coefficient (Wildman–Crippen LogP) is 1.92. The number of imidazole rings is 1. The molecule has 0 radical (unpaired) electrons.